The fourth-order valence-corrected chi connectivity index (χ4v) is 0.593. The van der Waals surface area contributed by atoms with Gasteiger partial charge in [0, 0.05) is 26.7 Å². The molecular weight excluding hydrogens is 144 g/mol. The molecule has 3 heteroatoms. The van der Waals surface area contributed by atoms with Crippen LogP contribution in [0.25, 0.3) is 0 Å². The van der Waals surface area contributed by atoms with Crippen LogP contribution in [0, 0.1) is 0 Å². The predicted octanol–water partition coefficient (Wildman–Crippen LogP) is 1.02. The summed E-state index contributed by atoms with van der Waals surface area (Å²) in [6, 6.07) is 0. The van der Waals surface area contributed by atoms with Gasteiger partial charge in [-0.1, -0.05) is 6.92 Å². The number of Topliss-reactive ketones (excluding diaryl/α,β-unsaturated/α-hetero) is 1. The molecule has 0 spiro atoms. The number of rotatable bonds is 7. The topological polar surface area (TPSA) is 35.5 Å². The van der Waals surface area contributed by atoms with E-state index in [9.17, 15) is 4.79 Å². The molecule has 0 heterocycles. The van der Waals surface area contributed by atoms with E-state index >= 15 is 0 Å². The second-order valence-corrected chi connectivity index (χ2v) is 2.29. The van der Waals surface area contributed by atoms with Gasteiger partial charge in [-0.3, -0.25) is 4.79 Å². The molecule has 0 atom stereocenters. The van der Waals surface area contributed by atoms with Gasteiger partial charge in [0.05, 0.1) is 0 Å². The lowest BCUT2D eigenvalue weighted by Crippen LogP contribution is -2.08. The Hall–Kier alpha value is -0.410. The Bertz CT molecular complexity index is 102. The maximum atomic E-state index is 10.7. The van der Waals surface area contributed by atoms with E-state index in [0.717, 1.165) is 6.42 Å². The highest BCUT2D eigenvalue weighted by Crippen LogP contribution is 1.86. The molecule has 0 aromatic heterocycles. The lowest BCUT2D eigenvalue weighted by atomic mass is 10.3. The summed E-state index contributed by atoms with van der Waals surface area (Å²) in [7, 11) is 1.65. The molecule has 0 saturated carbocycles. The van der Waals surface area contributed by atoms with E-state index in [2.05, 4.69) is 0 Å². The molecule has 0 unspecified atom stereocenters. The third-order valence-electron chi connectivity index (χ3n) is 1.29. The maximum absolute atomic E-state index is 10.7. The van der Waals surface area contributed by atoms with Gasteiger partial charge in [-0.25, -0.2) is 0 Å². The van der Waals surface area contributed by atoms with E-state index < -0.39 is 0 Å². The first-order chi connectivity index (χ1) is 5.31. The number of ketones is 1. The van der Waals surface area contributed by atoms with Crippen LogP contribution in [-0.2, 0) is 14.3 Å². The predicted molar refractivity (Wildman–Crippen MR) is 42.6 cm³/mol. The van der Waals surface area contributed by atoms with E-state index in [4.69, 9.17) is 9.47 Å². The van der Waals surface area contributed by atoms with Crippen LogP contribution < -0.4 is 0 Å². The summed E-state index contributed by atoms with van der Waals surface area (Å²) in [4.78, 5) is 10.7. The molecule has 0 fully saturated rings. The van der Waals surface area contributed by atoms with Crippen LogP contribution in [0.1, 0.15) is 19.8 Å². The fourth-order valence-electron chi connectivity index (χ4n) is 0.593. The molecule has 0 rings (SSSR count). The third kappa shape index (κ3) is 7.49. The summed E-state index contributed by atoms with van der Waals surface area (Å²) in [6.07, 6.45) is 1.41. The molecule has 0 aromatic rings. The molecule has 0 bridgehead atoms. The quantitative estimate of drug-likeness (QED) is 0.521. The van der Waals surface area contributed by atoms with Gasteiger partial charge in [0.25, 0.3) is 0 Å². The van der Waals surface area contributed by atoms with Gasteiger partial charge in [-0.05, 0) is 6.42 Å². The number of hydrogen-bond donors (Lipinski definition) is 0. The van der Waals surface area contributed by atoms with Crippen molar-refractivity contribution < 1.29 is 14.3 Å². The zero-order valence-corrected chi connectivity index (χ0v) is 7.26. The standard InChI is InChI=1S/C8H16O3/c1-3-8(9)7-11-6-4-5-10-2/h3-7H2,1-2H3. The van der Waals surface area contributed by atoms with Crippen molar-refractivity contribution in [2.24, 2.45) is 0 Å². The molecule has 0 amide bonds. The van der Waals surface area contributed by atoms with E-state index in [0.29, 0.717) is 19.6 Å². The summed E-state index contributed by atoms with van der Waals surface area (Å²) in [5, 5.41) is 0. The van der Waals surface area contributed by atoms with Crippen LogP contribution in [0.2, 0.25) is 0 Å². The molecule has 66 valence electrons. The summed E-state index contributed by atoms with van der Waals surface area (Å²) in [5.41, 5.74) is 0. The Morgan fingerprint density at radius 2 is 2.09 bits per heavy atom. The zero-order valence-electron chi connectivity index (χ0n) is 7.26. The van der Waals surface area contributed by atoms with Crippen molar-refractivity contribution >= 4 is 5.78 Å². The highest BCUT2D eigenvalue weighted by molar-refractivity contribution is 5.79. The molecule has 0 aromatic carbocycles. The average Bonchev–Trinajstić information content (AvgIpc) is 2.04. The van der Waals surface area contributed by atoms with E-state index in [1.54, 1.807) is 7.11 Å². The maximum Gasteiger partial charge on any atom is 0.158 e. The molecule has 3 nitrogen and oxygen atoms in total. The summed E-state index contributed by atoms with van der Waals surface area (Å²) in [5.74, 6) is 0.155. The van der Waals surface area contributed by atoms with Crippen molar-refractivity contribution in [3.8, 4) is 0 Å². The van der Waals surface area contributed by atoms with Gasteiger partial charge in [-0.15, -0.1) is 0 Å². The number of methoxy groups -OCH3 is 1. The van der Waals surface area contributed by atoms with Gasteiger partial charge < -0.3 is 9.47 Å². The van der Waals surface area contributed by atoms with Crippen molar-refractivity contribution in [3.63, 3.8) is 0 Å². The normalized spacial score (nSPS) is 10.0. The van der Waals surface area contributed by atoms with Crippen LogP contribution in [0.4, 0.5) is 0 Å². The Kier molecular flexibility index (Phi) is 7.41. The number of ether oxygens (including phenoxy) is 2. The molecule has 0 N–H and O–H groups in total. The van der Waals surface area contributed by atoms with Crippen LogP contribution in [0.15, 0.2) is 0 Å². The van der Waals surface area contributed by atoms with Crippen LogP contribution in [0.3, 0.4) is 0 Å². The second kappa shape index (κ2) is 7.69. The Morgan fingerprint density at radius 1 is 1.36 bits per heavy atom. The lowest BCUT2D eigenvalue weighted by molar-refractivity contribution is -0.123. The number of hydrogen-bond acceptors (Lipinski definition) is 3. The van der Waals surface area contributed by atoms with Crippen LogP contribution in [-0.4, -0.2) is 32.7 Å². The minimum absolute atomic E-state index is 0.155. The Morgan fingerprint density at radius 3 is 2.64 bits per heavy atom. The molecule has 0 radical (unpaired) electrons. The molecule has 11 heavy (non-hydrogen) atoms. The highest BCUT2D eigenvalue weighted by atomic mass is 16.5. The minimum atomic E-state index is 0.155. The largest absolute Gasteiger partial charge is 0.385 e. The van der Waals surface area contributed by atoms with Gasteiger partial charge in [-0.2, -0.15) is 0 Å². The van der Waals surface area contributed by atoms with Gasteiger partial charge in [0.15, 0.2) is 5.78 Å². The van der Waals surface area contributed by atoms with Crippen molar-refractivity contribution in [1.82, 2.24) is 0 Å². The monoisotopic (exact) mass is 160 g/mol. The van der Waals surface area contributed by atoms with Crippen molar-refractivity contribution in [2.45, 2.75) is 19.8 Å². The van der Waals surface area contributed by atoms with Gasteiger partial charge in [0.1, 0.15) is 6.61 Å². The first-order valence-electron chi connectivity index (χ1n) is 3.89. The zero-order chi connectivity index (χ0) is 8.53. The molecular formula is C8H16O3. The number of carbonyl (C=O) groups excluding carboxylic acids is 1. The number of carbonyl (C=O) groups is 1. The van der Waals surface area contributed by atoms with E-state index in [1.807, 2.05) is 6.92 Å². The average molecular weight is 160 g/mol. The van der Waals surface area contributed by atoms with Gasteiger partial charge in [0.2, 0.25) is 0 Å². The van der Waals surface area contributed by atoms with Crippen molar-refractivity contribution in [2.75, 3.05) is 26.9 Å². The molecule has 0 aliphatic carbocycles. The van der Waals surface area contributed by atoms with Crippen LogP contribution in [0.5, 0.6) is 0 Å². The van der Waals surface area contributed by atoms with Gasteiger partial charge >= 0.3 is 0 Å². The van der Waals surface area contributed by atoms with E-state index in [1.165, 1.54) is 0 Å². The molecule has 0 saturated heterocycles. The first kappa shape index (κ1) is 10.6. The third-order valence-corrected chi connectivity index (χ3v) is 1.29. The summed E-state index contributed by atoms with van der Waals surface area (Å²) < 4.78 is 9.87. The first-order valence-corrected chi connectivity index (χ1v) is 3.89. The lowest BCUT2D eigenvalue weighted by Gasteiger charge is -2.00. The summed E-state index contributed by atoms with van der Waals surface area (Å²) in [6.45, 7) is 3.39. The molecule has 0 aliphatic heterocycles. The smallest absolute Gasteiger partial charge is 0.158 e. The van der Waals surface area contributed by atoms with Crippen molar-refractivity contribution in [1.29, 1.82) is 0 Å². The highest BCUT2D eigenvalue weighted by Gasteiger charge is 1.96. The SMILES string of the molecule is CCC(=O)COCCCOC. The van der Waals surface area contributed by atoms with Crippen molar-refractivity contribution in [3.05, 3.63) is 0 Å². The molecule has 0 aliphatic rings. The fraction of sp³-hybridized carbons (Fsp3) is 0.875. The van der Waals surface area contributed by atoms with Crippen LogP contribution >= 0.6 is 0 Å². The Labute approximate surface area is 67.7 Å². The Balaban J connectivity index is 2.95. The second-order valence-electron chi connectivity index (χ2n) is 2.29. The summed E-state index contributed by atoms with van der Waals surface area (Å²) >= 11 is 0. The van der Waals surface area contributed by atoms with E-state index in [-0.39, 0.29) is 12.4 Å². The minimum Gasteiger partial charge on any atom is -0.385 e.